The molecule has 19 heavy (non-hydrogen) atoms. The number of amides is 2. The minimum Gasteiger partial charge on any atom is -0.480 e. The van der Waals surface area contributed by atoms with Gasteiger partial charge in [0.2, 0.25) is 0 Å². The average Bonchev–Trinajstić information content (AvgIpc) is 2.33. The number of urea groups is 1. The standard InChI is InChI=1S/C13H24N2O4/c1-6-13(4,10(16)17)15-11(18)14-8-7-9(19-5)12(8,2)3/h8-9H,6-7H2,1-5H3,(H,16,17)(H2,14,15,18). The van der Waals surface area contributed by atoms with Crippen molar-refractivity contribution in [1.29, 1.82) is 0 Å². The SMILES string of the molecule is CCC(C)(NC(=O)NC1CC(OC)C1(C)C)C(=O)O. The zero-order chi connectivity index (χ0) is 14.8. The van der Waals surface area contributed by atoms with Crippen molar-refractivity contribution < 1.29 is 19.4 Å². The van der Waals surface area contributed by atoms with Crippen LogP contribution in [0.1, 0.15) is 40.5 Å². The van der Waals surface area contributed by atoms with Gasteiger partial charge in [0.25, 0.3) is 0 Å². The quantitative estimate of drug-likeness (QED) is 0.705. The first-order valence-electron chi connectivity index (χ1n) is 6.52. The first-order valence-corrected chi connectivity index (χ1v) is 6.52. The Morgan fingerprint density at radius 3 is 2.42 bits per heavy atom. The molecule has 3 unspecified atom stereocenters. The van der Waals surface area contributed by atoms with Gasteiger partial charge in [0, 0.05) is 18.6 Å². The van der Waals surface area contributed by atoms with Crippen LogP contribution in [0.25, 0.3) is 0 Å². The van der Waals surface area contributed by atoms with Gasteiger partial charge in [0.15, 0.2) is 0 Å². The maximum atomic E-state index is 11.9. The number of hydrogen-bond donors (Lipinski definition) is 3. The van der Waals surface area contributed by atoms with E-state index in [1.807, 2.05) is 13.8 Å². The van der Waals surface area contributed by atoms with Crippen molar-refractivity contribution in [2.45, 2.75) is 58.2 Å². The number of methoxy groups -OCH3 is 1. The Kier molecular flexibility index (Phi) is 4.45. The molecule has 6 heteroatoms. The fraction of sp³-hybridized carbons (Fsp3) is 0.846. The normalized spacial score (nSPS) is 27.8. The third-order valence-electron chi connectivity index (χ3n) is 4.34. The molecule has 1 rings (SSSR count). The molecule has 0 saturated heterocycles. The lowest BCUT2D eigenvalue weighted by Gasteiger charge is -2.51. The lowest BCUT2D eigenvalue weighted by atomic mass is 9.64. The smallest absolute Gasteiger partial charge is 0.329 e. The molecule has 3 atom stereocenters. The lowest BCUT2D eigenvalue weighted by Crippen LogP contribution is -2.65. The summed E-state index contributed by atoms with van der Waals surface area (Å²) in [6.07, 6.45) is 1.19. The molecule has 0 aliphatic heterocycles. The molecule has 1 saturated carbocycles. The maximum Gasteiger partial charge on any atom is 0.329 e. The number of ether oxygens (including phenoxy) is 1. The lowest BCUT2D eigenvalue weighted by molar-refractivity contribution is -0.143. The highest BCUT2D eigenvalue weighted by Crippen LogP contribution is 2.42. The van der Waals surface area contributed by atoms with Crippen molar-refractivity contribution in [1.82, 2.24) is 10.6 Å². The van der Waals surface area contributed by atoms with E-state index in [2.05, 4.69) is 10.6 Å². The van der Waals surface area contributed by atoms with Crippen molar-refractivity contribution >= 4 is 12.0 Å². The number of hydrogen-bond acceptors (Lipinski definition) is 3. The Hall–Kier alpha value is -1.30. The van der Waals surface area contributed by atoms with E-state index >= 15 is 0 Å². The number of carbonyl (C=O) groups is 2. The first-order chi connectivity index (χ1) is 8.67. The van der Waals surface area contributed by atoms with E-state index < -0.39 is 17.5 Å². The summed E-state index contributed by atoms with van der Waals surface area (Å²) in [4.78, 5) is 23.0. The van der Waals surface area contributed by atoms with Crippen LogP contribution in [-0.2, 0) is 9.53 Å². The van der Waals surface area contributed by atoms with Gasteiger partial charge >= 0.3 is 12.0 Å². The molecule has 6 nitrogen and oxygen atoms in total. The minimum absolute atomic E-state index is 0.00708. The van der Waals surface area contributed by atoms with Gasteiger partial charge in [-0.05, 0) is 19.8 Å². The third kappa shape index (κ3) is 3.00. The van der Waals surface area contributed by atoms with Gasteiger partial charge in [-0.2, -0.15) is 0 Å². The van der Waals surface area contributed by atoms with Crippen LogP contribution in [0.2, 0.25) is 0 Å². The predicted octanol–water partition coefficient (Wildman–Crippen LogP) is 1.35. The first kappa shape index (κ1) is 15.8. The molecule has 3 N–H and O–H groups in total. The summed E-state index contributed by atoms with van der Waals surface area (Å²) >= 11 is 0. The molecular formula is C13H24N2O4. The van der Waals surface area contributed by atoms with Gasteiger partial charge < -0.3 is 20.5 Å². The van der Waals surface area contributed by atoms with E-state index in [1.54, 1.807) is 14.0 Å². The molecule has 110 valence electrons. The van der Waals surface area contributed by atoms with Gasteiger partial charge in [-0.25, -0.2) is 9.59 Å². The van der Waals surface area contributed by atoms with Crippen molar-refractivity contribution in [2.75, 3.05) is 7.11 Å². The van der Waals surface area contributed by atoms with E-state index in [9.17, 15) is 9.59 Å². The number of carboxylic acids is 1. The fourth-order valence-electron chi connectivity index (χ4n) is 2.27. The summed E-state index contributed by atoms with van der Waals surface area (Å²) in [5.41, 5.74) is -1.38. The molecule has 1 fully saturated rings. The minimum atomic E-state index is -1.24. The maximum absolute atomic E-state index is 11.9. The predicted molar refractivity (Wildman–Crippen MR) is 71.0 cm³/mol. The summed E-state index contributed by atoms with van der Waals surface area (Å²) in [6, 6.07) is -0.452. The van der Waals surface area contributed by atoms with E-state index in [1.165, 1.54) is 6.92 Å². The second kappa shape index (κ2) is 5.36. The summed E-state index contributed by atoms with van der Waals surface area (Å²) < 4.78 is 5.31. The molecule has 0 aromatic carbocycles. The molecule has 0 spiro atoms. The Labute approximate surface area is 113 Å². The van der Waals surface area contributed by atoms with Crippen molar-refractivity contribution in [3.8, 4) is 0 Å². The average molecular weight is 272 g/mol. The van der Waals surface area contributed by atoms with Crippen LogP contribution in [0.3, 0.4) is 0 Å². The molecule has 2 amide bonds. The number of rotatable bonds is 5. The van der Waals surface area contributed by atoms with Crippen LogP contribution in [0.4, 0.5) is 4.79 Å². The van der Waals surface area contributed by atoms with Gasteiger partial charge in [0.05, 0.1) is 6.10 Å². The zero-order valence-electron chi connectivity index (χ0n) is 12.2. The van der Waals surface area contributed by atoms with Crippen LogP contribution in [0, 0.1) is 5.41 Å². The second-order valence-electron chi connectivity index (χ2n) is 5.92. The second-order valence-corrected chi connectivity index (χ2v) is 5.92. The highest BCUT2D eigenvalue weighted by molar-refractivity contribution is 5.86. The Bertz CT molecular complexity index is 370. The van der Waals surface area contributed by atoms with Crippen LogP contribution in [-0.4, -0.2) is 41.9 Å². The Morgan fingerprint density at radius 1 is 1.47 bits per heavy atom. The molecular weight excluding hydrogens is 248 g/mol. The number of carbonyl (C=O) groups excluding carboxylic acids is 1. The van der Waals surface area contributed by atoms with Crippen LogP contribution in [0.15, 0.2) is 0 Å². The Morgan fingerprint density at radius 2 is 2.05 bits per heavy atom. The van der Waals surface area contributed by atoms with E-state index in [0.717, 1.165) is 6.42 Å². The number of carboxylic acid groups (broad SMARTS) is 1. The molecule has 0 aromatic rings. The van der Waals surface area contributed by atoms with E-state index in [4.69, 9.17) is 9.84 Å². The monoisotopic (exact) mass is 272 g/mol. The van der Waals surface area contributed by atoms with E-state index in [0.29, 0.717) is 6.42 Å². The topological polar surface area (TPSA) is 87.7 Å². The van der Waals surface area contributed by atoms with Crippen molar-refractivity contribution in [3.63, 3.8) is 0 Å². The van der Waals surface area contributed by atoms with Crippen molar-refractivity contribution in [2.24, 2.45) is 5.41 Å². The van der Waals surface area contributed by atoms with Crippen LogP contribution in [0.5, 0.6) is 0 Å². The molecule has 0 radical (unpaired) electrons. The van der Waals surface area contributed by atoms with Crippen LogP contribution >= 0.6 is 0 Å². The van der Waals surface area contributed by atoms with Gasteiger partial charge in [-0.1, -0.05) is 20.8 Å². The summed E-state index contributed by atoms with van der Waals surface area (Å²) in [7, 11) is 1.65. The highest BCUT2D eigenvalue weighted by atomic mass is 16.5. The largest absolute Gasteiger partial charge is 0.480 e. The third-order valence-corrected chi connectivity index (χ3v) is 4.34. The van der Waals surface area contributed by atoms with Crippen LogP contribution < -0.4 is 10.6 Å². The zero-order valence-corrected chi connectivity index (χ0v) is 12.2. The van der Waals surface area contributed by atoms with Gasteiger partial charge in [-0.3, -0.25) is 0 Å². The molecule has 1 aliphatic rings. The van der Waals surface area contributed by atoms with E-state index in [-0.39, 0.29) is 17.6 Å². The molecule has 0 aromatic heterocycles. The number of nitrogens with one attached hydrogen (secondary N) is 2. The highest BCUT2D eigenvalue weighted by Gasteiger charge is 2.49. The molecule has 0 heterocycles. The number of aliphatic carboxylic acids is 1. The van der Waals surface area contributed by atoms with Gasteiger partial charge in [0.1, 0.15) is 5.54 Å². The fourth-order valence-corrected chi connectivity index (χ4v) is 2.27. The summed E-state index contributed by atoms with van der Waals surface area (Å²) in [6.45, 7) is 7.26. The van der Waals surface area contributed by atoms with Gasteiger partial charge in [-0.15, -0.1) is 0 Å². The molecule has 0 bridgehead atoms. The summed E-state index contributed by atoms with van der Waals surface area (Å²) in [5, 5.41) is 14.5. The molecule has 1 aliphatic carbocycles. The van der Waals surface area contributed by atoms with Crippen molar-refractivity contribution in [3.05, 3.63) is 0 Å². The Balaban J connectivity index is 2.56. The summed E-state index contributed by atoms with van der Waals surface area (Å²) in [5.74, 6) is -1.03.